The van der Waals surface area contributed by atoms with Crippen molar-refractivity contribution in [3.63, 3.8) is 0 Å². The summed E-state index contributed by atoms with van der Waals surface area (Å²) in [6.45, 7) is 5.85. The molecule has 5 heteroatoms. The van der Waals surface area contributed by atoms with Crippen molar-refractivity contribution >= 4 is 11.8 Å². The smallest absolute Gasteiger partial charge is 0.411 e. The Labute approximate surface area is 127 Å². The molecule has 118 valence electrons. The molecule has 0 spiro atoms. The number of amides is 1. The normalized spacial score (nSPS) is 10.5. The van der Waals surface area contributed by atoms with Crippen molar-refractivity contribution in [2.75, 3.05) is 39.2 Å². The summed E-state index contributed by atoms with van der Waals surface area (Å²) in [6.07, 6.45) is 1.72. The summed E-state index contributed by atoms with van der Waals surface area (Å²) in [5.41, 5.74) is 1.70. The quantitative estimate of drug-likeness (QED) is 0.748. The molecular weight excluding hydrogens is 268 g/mol. The lowest BCUT2D eigenvalue weighted by Crippen LogP contribution is -2.22. The van der Waals surface area contributed by atoms with Gasteiger partial charge in [0.15, 0.2) is 0 Å². The van der Waals surface area contributed by atoms with Gasteiger partial charge in [0.25, 0.3) is 0 Å². The molecule has 0 radical (unpaired) electrons. The predicted molar refractivity (Wildman–Crippen MR) is 85.1 cm³/mol. The van der Waals surface area contributed by atoms with Gasteiger partial charge in [-0.25, -0.2) is 4.79 Å². The number of hydrogen-bond donors (Lipinski definition) is 1. The average Bonchev–Trinajstić information content (AvgIpc) is 2.41. The fraction of sp³-hybridized carbons (Fsp3) is 0.562. The van der Waals surface area contributed by atoms with Crippen LogP contribution >= 0.6 is 0 Å². The predicted octanol–water partition coefficient (Wildman–Crippen LogP) is 3.28. The van der Waals surface area contributed by atoms with Gasteiger partial charge < -0.3 is 14.4 Å². The minimum Gasteiger partial charge on any atom is -0.494 e. The van der Waals surface area contributed by atoms with Gasteiger partial charge in [0.2, 0.25) is 0 Å². The zero-order valence-electron chi connectivity index (χ0n) is 13.4. The van der Waals surface area contributed by atoms with E-state index in [0.717, 1.165) is 36.4 Å². The monoisotopic (exact) mass is 294 g/mol. The number of carbonyl (C=O) groups is 1. The van der Waals surface area contributed by atoms with Crippen molar-refractivity contribution < 1.29 is 14.3 Å². The van der Waals surface area contributed by atoms with E-state index in [0.29, 0.717) is 13.2 Å². The molecule has 1 aromatic carbocycles. The van der Waals surface area contributed by atoms with Crippen LogP contribution in [0.15, 0.2) is 18.2 Å². The topological polar surface area (TPSA) is 50.8 Å². The number of aryl methyl sites for hydroxylation is 1. The molecule has 0 aliphatic heterocycles. The number of anilines is 1. The Kier molecular flexibility index (Phi) is 7.61. The third kappa shape index (κ3) is 6.99. The summed E-state index contributed by atoms with van der Waals surface area (Å²) in [7, 11) is 3.87. The third-order valence-electron chi connectivity index (χ3n) is 2.97. The Morgan fingerprint density at radius 2 is 2.05 bits per heavy atom. The van der Waals surface area contributed by atoms with Crippen LogP contribution in [0, 0.1) is 6.92 Å². The number of likely N-dealkylation sites (N-methyl/N-ethyl adjacent to an activating group) is 1. The fourth-order valence-electron chi connectivity index (χ4n) is 1.67. The van der Waals surface area contributed by atoms with Gasteiger partial charge in [-0.3, -0.25) is 5.32 Å². The molecule has 1 amide bonds. The van der Waals surface area contributed by atoms with Crippen molar-refractivity contribution in [3.8, 4) is 5.75 Å². The first-order chi connectivity index (χ1) is 10.0. The van der Waals surface area contributed by atoms with E-state index in [9.17, 15) is 4.79 Å². The highest BCUT2D eigenvalue weighted by molar-refractivity contribution is 5.85. The lowest BCUT2D eigenvalue weighted by atomic mass is 10.2. The van der Waals surface area contributed by atoms with Gasteiger partial charge in [0.1, 0.15) is 12.4 Å². The van der Waals surface area contributed by atoms with Crippen molar-refractivity contribution in [1.82, 2.24) is 4.90 Å². The zero-order valence-corrected chi connectivity index (χ0v) is 13.4. The molecule has 1 aromatic rings. The molecule has 0 bridgehead atoms. The van der Waals surface area contributed by atoms with E-state index in [1.807, 2.05) is 44.1 Å². The average molecular weight is 294 g/mol. The van der Waals surface area contributed by atoms with Crippen LogP contribution in [-0.2, 0) is 4.74 Å². The minimum atomic E-state index is -0.431. The molecule has 0 aliphatic carbocycles. The van der Waals surface area contributed by atoms with Crippen LogP contribution in [0.25, 0.3) is 0 Å². The van der Waals surface area contributed by atoms with E-state index < -0.39 is 6.09 Å². The van der Waals surface area contributed by atoms with Crippen molar-refractivity contribution in [1.29, 1.82) is 0 Å². The van der Waals surface area contributed by atoms with Crippen LogP contribution in [-0.4, -0.2) is 44.8 Å². The highest BCUT2D eigenvalue weighted by atomic mass is 16.5. The van der Waals surface area contributed by atoms with Gasteiger partial charge in [-0.1, -0.05) is 13.3 Å². The molecule has 0 saturated carbocycles. The number of ether oxygens (including phenoxy) is 2. The van der Waals surface area contributed by atoms with E-state index in [1.54, 1.807) is 0 Å². The third-order valence-corrected chi connectivity index (χ3v) is 2.97. The zero-order chi connectivity index (χ0) is 15.7. The SMILES string of the molecule is CCCCOc1ccc(NC(=O)OCCN(C)C)c(C)c1. The maximum atomic E-state index is 11.7. The summed E-state index contributed by atoms with van der Waals surface area (Å²) in [5, 5.41) is 2.74. The Bertz CT molecular complexity index is 447. The second kappa shape index (κ2) is 9.23. The number of hydrogen-bond acceptors (Lipinski definition) is 4. The Morgan fingerprint density at radius 1 is 1.29 bits per heavy atom. The number of carbonyl (C=O) groups excluding carboxylic acids is 1. The molecule has 0 fully saturated rings. The lowest BCUT2D eigenvalue weighted by molar-refractivity contribution is 0.151. The van der Waals surface area contributed by atoms with Crippen LogP contribution in [0.3, 0.4) is 0 Å². The molecule has 0 saturated heterocycles. The molecular formula is C16H26N2O3. The van der Waals surface area contributed by atoms with Gasteiger partial charge >= 0.3 is 6.09 Å². The molecule has 21 heavy (non-hydrogen) atoms. The van der Waals surface area contributed by atoms with E-state index >= 15 is 0 Å². The van der Waals surface area contributed by atoms with Crippen LogP contribution in [0.4, 0.5) is 10.5 Å². The van der Waals surface area contributed by atoms with Gasteiger partial charge in [-0.2, -0.15) is 0 Å². The largest absolute Gasteiger partial charge is 0.494 e. The molecule has 1 rings (SSSR count). The van der Waals surface area contributed by atoms with E-state index in [4.69, 9.17) is 9.47 Å². The fourth-order valence-corrected chi connectivity index (χ4v) is 1.67. The number of benzene rings is 1. The highest BCUT2D eigenvalue weighted by Crippen LogP contribution is 2.21. The first kappa shape index (κ1) is 17.3. The number of nitrogens with zero attached hydrogens (tertiary/aromatic N) is 1. The molecule has 0 heterocycles. The van der Waals surface area contributed by atoms with Crippen molar-refractivity contribution in [2.45, 2.75) is 26.7 Å². The summed E-state index contributed by atoms with van der Waals surface area (Å²) in [6, 6.07) is 5.62. The summed E-state index contributed by atoms with van der Waals surface area (Å²) < 4.78 is 10.7. The molecule has 0 unspecified atom stereocenters. The standard InChI is InChI=1S/C16H26N2O3/c1-5-6-10-20-14-7-8-15(13(2)12-14)17-16(19)21-11-9-18(3)4/h7-8,12H,5-6,9-11H2,1-4H3,(H,17,19). The molecule has 0 aromatic heterocycles. The first-order valence-electron chi connectivity index (χ1n) is 7.35. The second-order valence-corrected chi connectivity index (χ2v) is 5.24. The number of unbranched alkanes of at least 4 members (excludes halogenated alkanes) is 1. The molecule has 0 aliphatic rings. The van der Waals surface area contributed by atoms with Crippen LogP contribution in [0.1, 0.15) is 25.3 Å². The Hall–Kier alpha value is -1.75. The summed E-state index contributed by atoms with van der Waals surface area (Å²) in [4.78, 5) is 13.6. The molecule has 0 atom stereocenters. The van der Waals surface area contributed by atoms with Gasteiger partial charge in [0.05, 0.1) is 6.61 Å². The Morgan fingerprint density at radius 3 is 2.67 bits per heavy atom. The van der Waals surface area contributed by atoms with Crippen LogP contribution in [0.2, 0.25) is 0 Å². The Balaban J connectivity index is 2.46. The number of nitrogens with one attached hydrogen (secondary N) is 1. The van der Waals surface area contributed by atoms with E-state index in [2.05, 4.69) is 12.2 Å². The van der Waals surface area contributed by atoms with Gasteiger partial charge in [-0.05, 0) is 51.2 Å². The summed E-state index contributed by atoms with van der Waals surface area (Å²) >= 11 is 0. The van der Waals surface area contributed by atoms with Crippen molar-refractivity contribution in [3.05, 3.63) is 23.8 Å². The van der Waals surface area contributed by atoms with Crippen LogP contribution < -0.4 is 10.1 Å². The van der Waals surface area contributed by atoms with E-state index in [1.165, 1.54) is 0 Å². The number of rotatable bonds is 8. The van der Waals surface area contributed by atoms with Crippen molar-refractivity contribution in [2.24, 2.45) is 0 Å². The highest BCUT2D eigenvalue weighted by Gasteiger charge is 2.07. The molecule has 5 nitrogen and oxygen atoms in total. The summed E-state index contributed by atoms with van der Waals surface area (Å²) in [5.74, 6) is 0.826. The first-order valence-corrected chi connectivity index (χ1v) is 7.35. The van der Waals surface area contributed by atoms with Gasteiger partial charge in [0, 0.05) is 12.2 Å². The van der Waals surface area contributed by atoms with Gasteiger partial charge in [-0.15, -0.1) is 0 Å². The second-order valence-electron chi connectivity index (χ2n) is 5.24. The van der Waals surface area contributed by atoms with E-state index in [-0.39, 0.29) is 0 Å². The lowest BCUT2D eigenvalue weighted by Gasteiger charge is -2.13. The maximum absolute atomic E-state index is 11.7. The maximum Gasteiger partial charge on any atom is 0.411 e. The minimum absolute atomic E-state index is 0.371. The molecule has 1 N–H and O–H groups in total. The van der Waals surface area contributed by atoms with Crippen LogP contribution in [0.5, 0.6) is 5.75 Å².